The molecule has 7 heteroatoms. The van der Waals surface area contributed by atoms with Crippen LogP contribution in [0.3, 0.4) is 0 Å². The van der Waals surface area contributed by atoms with Crippen molar-refractivity contribution in [3.63, 3.8) is 0 Å². The number of halogens is 1. The molecule has 0 bridgehead atoms. The van der Waals surface area contributed by atoms with E-state index in [-0.39, 0.29) is 11.4 Å². The van der Waals surface area contributed by atoms with Crippen LogP contribution in [0.4, 0.5) is 4.39 Å². The molecule has 0 saturated carbocycles. The van der Waals surface area contributed by atoms with Crippen molar-refractivity contribution in [1.29, 1.82) is 0 Å². The van der Waals surface area contributed by atoms with Gasteiger partial charge in [0.1, 0.15) is 5.82 Å². The SMILES string of the molecule is Cn1ncc2c(Sc3cccc(F)c3)c(C(=O)O)cnc21. The molecule has 1 aromatic carbocycles. The maximum Gasteiger partial charge on any atom is 0.338 e. The number of rotatable bonds is 3. The Labute approximate surface area is 123 Å². The maximum absolute atomic E-state index is 13.3. The van der Waals surface area contributed by atoms with Crippen LogP contribution >= 0.6 is 11.8 Å². The normalized spacial score (nSPS) is 11.0. The summed E-state index contributed by atoms with van der Waals surface area (Å²) in [6.45, 7) is 0. The first-order chi connectivity index (χ1) is 10.1. The van der Waals surface area contributed by atoms with Gasteiger partial charge in [0.15, 0.2) is 5.65 Å². The van der Waals surface area contributed by atoms with Crippen LogP contribution in [0.5, 0.6) is 0 Å². The zero-order chi connectivity index (χ0) is 15.0. The van der Waals surface area contributed by atoms with Crippen LogP contribution in [0, 0.1) is 5.82 Å². The van der Waals surface area contributed by atoms with E-state index < -0.39 is 5.97 Å². The van der Waals surface area contributed by atoms with Crippen molar-refractivity contribution < 1.29 is 14.3 Å². The molecular weight excluding hydrogens is 293 g/mol. The van der Waals surface area contributed by atoms with Crippen molar-refractivity contribution in [2.75, 3.05) is 0 Å². The van der Waals surface area contributed by atoms with E-state index in [4.69, 9.17) is 0 Å². The largest absolute Gasteiger partial charge is 0.478 e. The first kappa shape index (κ1) is 13.6. The van der Waals surface area contributed by atoms with Gasteiger partial charge in [-0.05, 0) is 18.2 Å². The third kappa shape index (κ3) is 2.47. The lowest BCUT2D eigenvalue weighted by molar-refractivity contribution is 0.0693. The van der Waals surface area contributed by atoms with Crippen LogP contribution in [0.2, 0.25) is 0 Å². The smallest absolute Gasteiger partial charge is 0.338 e. The molecule has 0 amide bonds. The van der Waals surface area contributed by atoms with Gasteiger partial charge >= 0.3 is 5.97 Å². The maximum atomic E-state index is 13.3. The van der Waals surface area contributed by atoms with E-state index in [0.717, 1.165) is 0 Å². The second-order valence-electron chi connectivity index (χ2n) is 4.37. The van der Waals surface area contributed by atoms with E-state index in [1.54, 1.807) is 30.1 Å². The predicted octanol–water partition coefficient (Wildman–Crippen LogP) is 2.96. The van der Waals surface area contributed by atoms with Crippen molar-refractivity contribution in [3.8, 4) is 0 Å². The number of aromatic nitrogens is 3. The number of fused-ring (bicyclic) bond motifs is 1. The van der Waals surface area contributed by atoms with Crippen LogP contribution in [0.1, 0.15) is 10.4 Å². The van der Waals surface area contributed by atoms with Gasteiger partial charge in [0.05, 0.1) is 17.1 Å². The highest BCUT2D eigenvalue weighted by Crippen LogP contribution is 2.35. The molecule has 3 rings (SSSR count). The predicted molar refractivity (Wildman–Crippen MR) is 76.0 cm³/mol. The van der Waals surface area contributed by atoms with Gasteiger partial charge in [0.25, 0.3) is 0 Å². The minimum Gasteiger partial charge on any atom is -0.478 e. The molecule has 5 nitrogen and oxygen atoms in total. The lowest BCUT2D eigenvalue weighted by Gasteiger charge is -2.07. The highest BCUT2D eigenvalue weighted by molar-refractivity contribution is 7.99. The Kier molecular flexibility index (Phi) is 3.34. The third-order valence-corrected chi connectivity index (χ3v) is 4.09. The van der Waals surface area contributed by atoms with Gasteiger partial charge < -0.3 is 5.11 Å². The monoisotopic (exact) mass is 303 g/mol. The van der Waals surface area contributed by atoms with Crippen LogP contribution in [0.25, 0.3) is 11.0 Å². The molecule has 0 aliphatic heterocycles. The average Bonchev–Trinajstić information content (AvgIpc) is 2.81. The Balaban J connectivity index is 2.18. The molecule has 0 spiro atoms. The Morgan fingerprint density at radius 3 is 2.90 bits per heavy atom. The summed E-state index contributed by atoms with van der Waals surface area (Å²) in [5.41, 5.74) is 0.656. The Hall–Kier alpha value is -2.41. The summed E-state index contributed by atoms with van der Waals surface area (Å²) >= 11 is 1.19. The number of aryl methyl sites for hydroxylation is 1. The van der Waals surface area contributed by atoms with Crippen molar-refractivity contribution in [2.24, 2.45) is 7.05 Å². The zero-order valence-corrected chi connectivity index (χ0v) is 11.8. The quantitative estimate of drug-likeness (QED) is 0.805. The highest BCUT2D eigenvalue weighted by Gasteiger charge is 2.18. The summed E-state index contributed by atoms with van der Waals surface area (Å²) in [5.74, 6) is -1.44. The standard InChI is InChI=1S/C14H10FN3O2S/c1-18-13-10(7-17-18)12(11(6-16-13)14(19)20)21-9-4-2-3-8(15)5-9/h2-7H,1H3,(H,19,20). The molecule has 0 radical (unpaired) electrons. The van der Waals surface area contributed by atoms with Crippen molar-refractivity contribution in [1.82, 2.24) is 14.8 Å². The van der Waals surface area contributed by atoms with Gasteiger partial charge in [-0.3, -0.25) is 4.68 Å². The van der Waals surface area contributed by atoms with E-state index in [1.165, 1.54) is 30.1 Å². The lowest BCUT2D eigenvalue weighted by Crippen LogP contribution is -2.01. The summed E-state index contributed by atoms with van der Waals surface area (Å²) in [5, 5.41) is 14.0. The fourth-order valence-electron chi connectivity index (χ4n) is 1.98. The fourth-order valence-corrected chi connectivity index (χ4v) is 3.04. The molecule has 21 heavy (non-hydrogen) atoms. The van der Waals surface area contributed by atoms with Gasteiger partial charge in [-0.1, -0.05) is 17.8 Å². The van der Waals surface area contributed by atoms with Crippen LogP contribution in [-0.4, -0.2) is 25.8 Å². The second-order valence-corrected chi connectivity index (χ2v) is 5.45. The molecule has 2 aromatic heterocycles. The number of carbonyl (C=O) groups is 1. The first-order valence-electron chi connectivity index (χ1n) is 6.03. The molecule has 106 valence electrons. The van der Waals surface area contributed by atoms with Crippen LogP contribution in [-0.2, 0) is 7.05 Å². The van der Waals surface area contributed by atoms with E-state index >= 15 is 0 Å². The van der Waals surface area contributed by atoms with Gasteiger partial charge in [-0.15, -0.1) is 0 Å². The van der Waals surface area contributed by atoms with E-state index in [1.807, 2.05) is 0 Å². The molecule has 0 fully saturated rings. The van der Waals surface area contributed by atoms with Gasteiger partial charge in [-0.25, -0.2) is 14.2 Å². The molecule has 1 N–H and O–H groups in total. The molecule has 0 atom stereocenters. The topological polar surface area (TPSA) is 68.0 Å². The van der Waals surface area contributed by atoms with Crippen LogP contribution < -0.4 is 0 Å². The van der Waals surface area contributed by atoms with E-state index in [2.05, 4.69) is 10.1 Å². The van der Waals surface area contributed by atoms with Gasteiger partial charge in [0, 0.05) is 23.0 Å². The second kappa shape index (κ2) is 5.17. The number of pyridine rings is 1. The van der Waals surface area contributed by atoms with E-state index in [0.29, 0.717) is 20.8 Å². The molecule has 2 heterocycles. The van der Waals surface area contributed by atoms with E-state index in [9.17, 15) is 14.3 Å². The highest BCUT2D eigenvalue weighted by atomic mass is 32.2. The number of aromatic carboxylic acids is 1. The number of benzene rings is 1. The number of carboxylic acids is 1. The number of hydrogen-bond acceptors (Lipinski definition) is 4. The summed E-state index contributed by atoms with van der Waals surface area (Å²) in [7, 11) is 1.73. The lowest BCUT2D eigenvalue weighted by atomic mass is 10.2. The number of hydrogen-bond donors (Lipinski definition) is 1. The Bertz CT molecular complexity index is 847. The third-order valence-electron chi connectivity index (χ3n) is 2.96. The average molecular weight is 303 g/mol. The zero-order valence-electron chi connectivity index (χ0n) is 10.9. The van der Waals surface area contributed by atoms with Crippen molar-refractivity contribution in [3.05, 3.63) is 48.0 Å². The molecule has 0 unspecified atom stereocenters. The van der Waals surface area contributed by atoms with Gasteiger partial charge in [0.2, 0.25) is 0 Å². The Morgan fingerprint density at radius 2 is 2.19 bits per heavy atom. The first-order valence-corrected chi connectivity index (χ1v) is 6.85. The molecular formula is C14H10FN3O2S. The summed E-state index contributed by atoms with van der Waals surface area (Å²) in [6, 6.07) is 6.01. The number of carboxylic acid groups (broad SMARTS) is 1. The Morgan fingerprint density at radius 1 is 1.38 bits per heavy atom. The van der Waals surface area contributed by atoms with Crippen molar-refractivity contribution in [2.45, 2.75) is 9.79 Å². The molecule has 3 aromatic rings. The minimum atomic E-state index is -1.08. The summed E-state index contributed by atoms with van der Waals surface area (Å²) in [6.07, 6.45) is 2.87. The van der Waals surface area contributed by atoms with Gasteiger partial charge in [-0.2, -0.15) is 5.10 Å². The summed E-state index contributed by atoms with van der Waals surface area (Å²) in [4.78, 5) is 16.6. The molecule has 0 aliphatic carbocycles. The van der Waals surface area contributed by atoms with Crippen molar-refractivity contribution >= 4 is 28.8 Å². The van der Waals surface area contributed by atoms with Crippen LogP contribution in [0.15, 0.2) is 46.5 Å². The summed E-state index contributed by atoms with van der Waals surface area (Å²) < 4.78 is 14.9. The molecule has 0 aliphatic rings. The number of nitrogens with zero attached hydrogens (tertiary/aromatic N) is 3. The molecule has 0 saturated heterocycles. The minimum absolute atomic E-state index is 0.0739. The fraction of sp³-hybridized carbons (Fsp3) is 0.0714.